The second-order valence-electron chi connectivity index (χ2n) is 6.77. The first-order valence-electron chi connectivity index (χ1n) is 8.83. The van der Waals surface area contributed by atoms with E-state index in [2.05, 4.69) is 15.6 Å². The summed E-state index contributed by atoms with van der Waals surface area (Å²) in [6, 6.07) is 9.57. The molecule has 2 amide bonds. The van der Waals surface area contributed by atoms with E-state index in [1.807, 2.05) is 41.2 Å². The number of ether oxygens (including phenoxy) is 1. The van der Waals surface area contributed by atoms with Crippen molar-refractivity contribution >= 4 is 12.0 Å². The number of benzene rings is 1. The molecule has 1 saturated carbocycles. The highest BCUT2D eigenvalue weighted by molar-refractivity contribution is 5.82. The van der Waals surface area contributed by atoms with E-state index in [-0.39, 0.29) is 25.1 Å². The van der Waals surface area contributed by atoms with E-state index in [0.29, 0.717) is 19.0 Å². The zero-order chi connectivity index (χ0) is 17.9. The Morgan fingerprint density at radius 3 is 2.69 bits per heavy atom. The summed E-state index contributed by atoms with van der Waals surface area (Å²) in [6.45, 7) is 1.30. The van der Waals surface area contributed by atoms with Crippen LogP contribution in [0.25, 0.3) is 0 Å². The van der Waals surface area contributed by atoms with E-state index in [1.54, 1.807) is 4.90 Å². The van der Waals surface area contributed by atoms with Crippen molar-refractivity contribution in [1.29, 1.82) is 0 Å². The fourth-order valence-electron chi connectivity index (χ4n) is 2.90. The van der Waals surface area contributed by atoms with E-state index < -0.39 is 6.09 Å². The summed E-state index contributed by atoms with van der Waals surface area (Å²) >= 11 is 0. The number of carbonyl (C=O) groups is 2. The van der Waals surface area contributed by atoms with Crippen molar-refractivity contribution in [2.45, 2.75) is 31.4 Å². The van der Waals surface area contributed by atoms with Crippen molar-refractivity contribution in [1.82, 2.24) is 25.2 Å². The molecule has 2 fully saturated rings. The van der Waals surface area contributed by atoms with Crippen LogP contribution >= 0.6 is 0 Å². The highest BCUT2D eigenvalue weighted by Crippen LogP contribution is 2.39. The molecule has 2 heterocycles. The van der Waals surface area contributed by atoms with Crippen molar-refractivity contribution in [3.8, 4) is 0 Å². The summed E-state index contributed by atoms with van der Waals surface area (Å²) in [4.78, 5) is 25.5. The van der Waals surface area contributed by atoms with E-state index in [4.69, 9.17) is 4.74 Å². The highest BCUT2D eigenvalue weighted by Gasteiger charge is 2.34. The predicted octanol–water partition coefficient (Wildman–Crippen LogP) is 1.47. The van der Waals surface area contributed by atoms with Gasteiger partial charge in [-0.05, 0) is 18.4 Å². The minimum Gasteiger partial charge on any atom is -0.445 e. The molecule has 1 aromatic carbocycles. The number of nitrogens with one attached hydrogen (secondary N) is 1. The fraction of sp³-hybridized carbons (Fsp3) is 0.444. The molecule has 0 radical (unpaired) electrons. The van der Waals surface area contributed by atoms with Gasteiger partial charge in [0.2, 0.25) is 5.91 Å². The topological polar surface area (TPSA) is 89.4 Å². The molecule has 8 heteroatoms. The van der Waals surface area contributed by atoms with Crippen LogP contribution in [-0.2, 0) is 16.1 Å². The molecule has 8 nitrogen and oxygen atoms in total. The Morgan fingerprint density at radius 1 is 1.19 bits per heavy atom. The Hall–Kier alpha value is -2.90. The van der Waals surface area contributed by atoms with Gasteiger partial charge in [-0.25, -0.2) is 9.48 Å². The lowest BCUT2D eigenvalue weighted by Gasteiger charge is -2.38. The summed E-state index contributed by atoms with van der Waals surface area (Å²) in [5.74, 6) is 0.452. The largest absolute Gasteiger partial charge is 0.445 e. The van der Waals surface area contributed by atoms with E-state index >= 15 is 0 Å². The van der Waals surface area contributed by atoms with Crippen LogP contribution in [0.4, 0.5) is 4.79 Å². The Morgan fingerprint density at radius 2 is 1.96 bits per heavy atom. The molecule has 136 valence electrons. The number of rotatable bonds is 6. The molecule has 0 unspecified atom stereocenters. The van der Waals surface area contributed by atoms with Crippen LogP contribution in [0.3, 0.4) is 0 Å². The summed E-state index contributed by atoms with van der Waals surface area (Å²) in [5, 5.41) is 10.8. The predicted molar refractivity (Wildman–Crippen MR) is 92.2 cm³/mol. The Labute approximate surface area is 151 Å². The molecule has 0 spiro atoms. The smallest absolute Gasteiger partial charge is 0.407 e. The third-order valence-electron chi connectivity index (χ3n) is 4.71. The van der Waals surface area contributed by atoms with Gasteiger partial charge in [-0.3, -0.25) is 4.79 Å². The van der Waals surface area contributed by atoms with E-state index in [0.717, 1.165) is 11.3 Å². The number of aromatic nitrogens is 3. The number of hydrogen-bond donors (Lipinski definition) is 1. The first-order valence-corrected chi connectivity index (χ1v) is 8.83. The van der Waals surface area contributed by atoms with Crippen LogP contribution in [0, 0.1) is 0 Å². The number of hydrogen-bond acceptors (Lipinski definition) is 5. The average Bonchev–Trinajstić information content (AvgIpc) is 3.36. The minimum absolute atomic E-state index is 0.0645. The molecule has 1 aromatic heterocycles. The Bertz CT molecular complexity index is 781. The van der Waals surface area contributed by atoms with Gasteiger partial charge in [-0.2, -0.15) is 0 Å². The molecule has 1 aliphatic heterocycles. The zero-order valence-corrected chi connectivity index (χ0v) is 14.4. The molecule has 4 rings (SSSR count). The molecule has 2 aromatic rings. The van der Waals surface area contributed by atoms with E-state index in [9.17, 15) is 9.59 Å². The van der Waals surface area contributed by atoms with Crippen LogP contribution in [-0.4, -0.2) is 51.5 Å². The van der Waals surface area contributed by atoms with Crippen molar-refractivity contribution in [2.24, 2.45) is 0 Å². The molecular weight excluding hydrogens is 334 g/mol. The third-order valence-corrected chi connectivity index (χ3v) is 4.71. The quantitative estimate of drug-likeness (QED) is 0.847. The van der Waals surface area contributed by atoms with Gasteiger partial charge >= 0.3 is 6.09 Å². The van der Waals surface area contributed by atoms with Gasteiger partial charge in [0.05, 0.1) is 11.7 Å². The van der Waals surface area contributed by atoms with Crippen LogP contribution in [0.5, 0.6) is 0 Å². The van der Waals surface area contributed by atoms with Crippen molar-refractivity contribution in [2.75, 3.05) is 19.6 Å². The number of nitrogens with zero attached hydrogens (tertiary/aromatic N) is 4. The van der Waals surface area contributed by atoms with Crippen LogP contribution in [0.1, 0.15) is 36.1 Å². The second-order valence-corrected chi connectivity index (χ2v) is 6.77. The van der Waals surface area contributed by atoms with Gasteiger partial charge in [0.15, 0.2) is 0 Å². The maximum Gasteiger partial charge on any atom is 0.407 e. The third kappa shape index (κ3) is 3.84. The van der Waals surface area contributed by atoms with Crippen molar-refractivity contribution in [3.63, 3.8) is 0 Å². The number of carbonyl (C=O) groups excluding carboxylic acids is 2. The van der Waals surface area contributed by atoms with Gasteiger partial charge in [0, 0.05) is 25.2 Å². The summed E-state index contributed by atoms with van der Waals surface area (Å²) in [5.41, 5.74) is 1.95. The normalized spacial score (nSPS) is 16.8. The molecule has 1 saturated heterocycles. The molecule has 26 heavy (non-hydrogen) atoms. The lowest BCUT2D eigenvalue weighted by molar-refractivity contribution is -0.136. The van der Waals surface area contributed by atoms with Crippen molar-refractivity contribution in [3.05, 3.63) is 47.8 Å². The molecule has 2 aliphatic rings. The number of amides is 2. The van der Waals surface area contributed by atoms with Crippen LogP contribution in [0.15, 0.2) is 36.5 Å². The molecule has 1 N–H and O–H groups in total. The molecule has 1 aliphatic carbocycles. The number of likely N-dealkylation sites (tertiary alicyclic amines) is 1. The second kappa shape index (κ2) is 7.15. The lowest BCUT2D eigenvalue weighted by Crippen LogP contribution is -2.53. The first-order chi connectivity index (χ1) is 12.7. The molecule has 0 atom stereocenters. The van der Waals surface area contributed by atoms with Gasteiger partial charge in [-0.1, -0.05) is 35.5 Å². The van der Waals surface area contributed by atoms with Gasteiger partial charge in [0.25, 0.3) is 0 Å². The van der Waals surface area contributed by atoms with E-state index in [1.165, 1.54) is 12.8 Å². The standard InChI is InChI=1S/C18H21N5O3/c24-17(8-19-18(25)26-12-13-4-2-1-3-5-13)22-9-15(10-22)23-11-16(20-21-23)14-6-7-14/h1-5,11,14-15H,6-10,12H2,(H,19,25). The summed E-state index contributed by atoms with van der Waals surface area (Å²) in [6.07, 6.45) is 3.79. The first kappa shape index (κ1) is 16.6. The fourth-order valence-corrected chi connectivity index (χ4v) is 2.90. The maximum atomic E-state index is 12.1. The SMILES string of the molecule is O=C(NCC(=O)N1CC(n2cc(C3CC3)nn2)C1)OCc1ccccc1. The Balaban J connectivity index is 1.16. The summed E-state index contributed by atoms with van der Waals surface area (Å²) in [7, 11) is 0. The van der Waals surface area contributed by atoms with Gasteiger partial charge in [0.1, 0.15) is 13.2 Å². The van der Waals surface area contributed by atoms with Gasteiger partial charge < -0.3 is 15.0 Å². The highest BCUT2D eigenvalue weighted by atomic mass is 16.5. The lowest BCUT2D eigenvalue weighted by atomic mass is 10.1. The van der Waals surface area contributed by atoms with Crippen LogP contribution in [0.2, 0.25) is 0 Å². The summed E-state index contributed by atoms with van der Waals surface area (Å²) < 4.78 is 6.93. The number of alkyl carbamates (subject to hydrolysis) is 1. The van der Waals surface area contributed by atoms with Crippen LogP contribution < -0.4 is 5.32 Å². The average molecular weight is 355 g/mol. The molecule has 0 bridgehead atoms. The van der Waals surface area contributed by atoms with Crippen molar-refractivity contribution < 1.29 is 14.3 Å². The monoisotopic (exact) mass is 355 g/mol. The maximum absolute atomic E-state index is 12.1. The Kier molecular flexibility index (Phi) is 4.55. The minimum atomic E-state index is -0.593. The molecular formula is C18H21N5O3. The van der Waals surface area contributed by atoms with Gasteiger partial charge in [-0.15, -0.1) is 5.10 Å². The zero-order valence-electron chi connectivity index (χ0n) is 14.4.